The van der Waals surface area contributed by atoms with Crippen LogP contribution in [0.15, 0.2) is 0 Å². The van der Waals surface area contributed by atoms with E-state index in [4.69, 9.17) is 0 Å². The Morgan fingerprint density at radius 3 is 2.58 bits per heavy atom. The lowest BCUT2D eigenvalue weighted by molar-refractivity contribution is -0.140. The third-order valence-corrected chi connectivity index (χ3v) is 4.16. The van der Waals surface area contributed by atoms with Crippen LogP contribution in [0, 0.1) is 5.41 Å². The zero-order valence-corrected chi connectivity index (χ0v) is 11.6. The fourth-order valence-corrected chi connectivity index (χ4v) is 3.11. The molecule has 6 heteroatoms. The van der Waals surface area contributed by atoms with E-state index in [9.17, 15) is 9.90 Å². The number of anilines is 1. The first-order chi connectivity index (χ1) is 9.06. The number of carboxylic acids is 1. The molecule has 1 heterocycles. The fraction of sp³-hybridized carbons (Fsp3) is 0.769. The van der Waals surface area contributed by atoms with Gasteiger partial charge in [-0.1, -0.05) is 19.3 Å². The Kier molecular flexibility index (Phi) is 4.07. The third kappa shape index (κ3) is 3.05. The largest absolute Gasteiger partial charge is 0.481 e. The summed E-state index contributed by atoms with van der Waals surface area (Å²) in [5.74, 6) is 0.877. The van der Waals surface area contributed by atoms with Gasteiger partial charge in [0.15, 0.2) is 0 Å². The molecule has 106 valence electrons. The summed E-state index contributed by atoms with van der Waals surface area (Å²) in [4.78, 5) is 11.2. The summed E-state index contributed by atoms with van der Waals surface area (Å²) in [6.07, 6.45) is 6.32. The predicted molar refractivity (Wildman–Crippen MR) is 72.0 cm³/mol. The van der Waals surface area contributed by atoms with Crippen LogP contribution in [0.3, 0.4) is 0 Å². The van der Waals surface area contributed by atoms with Gasteiger partial charge in [-0.15, -0.1) is 10.2 Å². The summed E-state index contributed by atoms with van der Waals surface area (Å²) in [5.41, 5.74) is -0.143. The predicted octanol–water partition coefficient (Wildman–Crippen LogP) is 1.82. The van der Waals surface area contributed by atoms with Crippen molar-refractivity contribution in [3.8, 4) is 0 Å². The molecular weight excluding hydrogens is 244 g/mol. The average molecular weight is 266 g/mol. The van der Waals surface area contributed by atoms with Crippen LogP contribution in [0.5, 0.6) is 0 Å². The quantitative estimate of drug-likeness (QED) is 0.849. The molecule has 0 radical (unpaired) electrons. The average Bonchev–Trinajstić information content (AvgIpc) is 2.70. The molecule has 1 saturated carbocycles. The van der Waals surface area contributed by atoms with Crippen LogP contribution in [0.4, 0.5) is 5.95 Å². The highest BCUT2D eigenvalue weighted by atomic mass is 16.4. The minimum Gasteiger partial charge on any atom is -0.481 e. The summed E-state index contributed by atoms with van der Waals surface area (Å²) in [6, 6.07) is 0. The first-order valence-electron chi connectivity index (χ1n) is 6.84. The summed E-state index contributed by atoms with van der Waals surface area (Å²) in [6.45, 7) is 0. The topological polar surface area (TPSA) is 80.0 Å². The lowest BCUT2D eigenvalue weighted by Gasteiger charge is -2.35. The molecule has 0 amide bonds. The number of aliphatic carboxylic acids is 1. The first kappa shape index (κ1) is 13.8. The number of nitrogens with zero attached hydrogens (tertiary/aromatic N) is 3. The Bertz CT molecular complexity index is 449. The van der Waals surface area contributed by atoms with E-state index < -0.39 is 5.97 Å². The van der Waals surface area contributed by atoms with Crippen molar-refractivity contribution >= 4 is 11.9 Å². The summed E-state index contributed by atoms with van der Waals surface area (Å²) in [7, 11) is 3.72. The van der Waals surface area contributed by atoms with Crippen LogP contribution in [0.1, 0.15) is 44.3 Å². The van der Waals surface area contributed by atoms with E-state index in [1.54, 1.807) is 7.05 Å². The van der Waals surface area contributed by atoms with Crippen LogP contribution in [-0.4, -0.2) is 32.9 Å². The molecule has 1 fully saturated rings. The maximum Gasteiger partial charge on any atom is 0.303 e. The molecule has 0 bridgehead atoms. The second kappa shape index (κ2) is 5.59. The molecule has 6 nitrogen and oxygen atoms in total. The van der Waals surface area contributed by atoms with Gasteiger partial charge < -0.3 is 15.0 Å². The lowest BCUT2D eigenvalue weighted by atomic mass is 9.69. The van der Waals surface area contributed by atoms with E-state index in [1.165, 1.54) is 6.42 Å². The van der Waals surface area contributed by atoms with Gasteiger partial charge in [0.2, 0.25) is 5.95 Å². The van der Waals surface area contributed by atoms with Gasteiger partial charge in [0, 0.05) is 20.5 Å². The Morgan fingerprint density at radius 2 is 2.05 bits per heavy atom. The normalized spacial score (nSPS) is 18.2. The first-order valence-corrected chi connectivity index (χ1v) is 6.84. The van der Waals surface area contributed by atoms with Crippen molar-refractivity contribution in [3.05, 3.63) is 5.82 Å². The van der Waals surface area contributed by atoms with Crippen molar-refractivity contribution < 1.29 is 9.90 Å². The number of nitrogens with one attached hydrogen (secondary N) is 1. The molecule has 2 rings (SSSR count). The second-order valence-corrected chi connectivity index (χ2v) is 5.56. The van der Waals surface area contributed by atoms with Gasteiger partial charge in [-0.2, -0.15) is 0 Å². The highest BCUT2D eigenvalue weighted by Crippen LogP contribution is 2.41. The maximum atomic E-state index is 11.2. The Labute approximate surface area is 113 Å². The van der Waals surface area contributed by atoms with E-state index in [0.717, 1.165) is 37.5 Å². The Hall–Kier alpha value is -1.59. The number of hydrogen-bond acceptors (Lipinski definition) is 4. The Balaban J connectivity index is 2.19. The molecule has 1 aromatic heterocycles. The number of carboxylic acid groups (broad SMARTS) is 1. The van der Waals surface area contributed by atoms with Gasteiger partial charge in [0.1, 0.15) is 5.82 Å². The van der Waals surface area contributed by atoms with Gasteiger partial charge in [0.25, 0.3) is 0 Å². The minimum absolute atomic E-state index is 0.143. The molecule has 0 aromatic carbocycles. The highest BCUT2D eigenvalue weighted by Gasteiger charge is 2.36. The molecular formula is C13H22N4O2. The van der Waals surface area contributed by atoms with E-state index in [1.807, 2.05) is 11.6 Å². The van der Waals surface area contributed by atoms with Crippen molar-refractivity contribution in [1.82, 2.24) is 14.8 Å². The van der Waals surface area contributed by atoms with E-state index in [0.29, 0.717) is 6.42 Å². The van der Waals surface area contributed by atoms with Crippen molar-refractivity contribution in [3.63, 3.8) is 0 Å². The van der Waals surface area contributed by atoms with Crippen molar-refractivity contribution in [1.29, 1.82) is 0 Å². The fourth-order valence-electron chi connectivity index (χ4n) is 3.11. The van der Waals surface area contributed by atoms with Crippen LogP contribution in [0.25, 0.3) is 0 Å². The number of aromatic nitrogens is 3. The van der Waals surface area contributed by atoms with Crippen molar-refractivity contribution in [2.24, 2.45) is 12.5 Å². The standard InChI is InChI=1S/C13H22N4O2/c1-14-12-16-15-10(17(12)2)8-13(9-11(18)19)6-4-3-5-7-13/h3-9H2,1-2H3,(H,14,16)(H,18,19). The number of carbonyl (C=O) groups is 1. The van der Waals surface area contributed by atoms with Gasteiger partial charge in [-0.05, 0) is 18.3 Å². The maximum absolute atomic E-state index is 11.2. The second-order valence-electron chi connectivity index (χ2n) is 5.56. The van der Waals surface area contributed by atoms with Gasteiger partial charge in [-0.25, -0.2) is 0 Å². The van der Waals surface area contributed by atoms with Gasteiger partial charge in [0.05, 0.1) is 6.42 Å². The lowest BCUT2D eigenvalue weighted by Crippen LogP contribution is -2.30. The van der Waals surface area contributed by atoms with Crippen molar-refractivity contribution in [2.75, 3.05) is 12.4 Å². The van der Waals surface area contributed by atoms with Crippen LogP contribution in [0.2, 0.25) is 0 Å². The molecule has 19 heavy (non-hydrogen) atoms. The molecule has 2 N–H and O–H groups in total. The van der Waals surface area contributed by atoms with Crippen molar-refractivity contribution in [2.45, 2.75) is 44.9 Å². The van der Waals surface area contributed by atoms with E-state index in [2.05, 4.69) is 15.5 Å². The van der Waals surface area contributed by atoms with Crippen LogP contribution < -0.4 is 5.32 Å². The summed E-state index contributed by atoms with van der Waals surface area (Å²) < 4.78 is 1.91. The monoisotopic (exact) mass is 266 g/mol. The molecule has 0 saturated heterocycles. The number of hydrogen-bond donors (Lipinski definition) is 2. The van der Waals surface area contributed by atoms with E-state index in [-0.39, 0.29) is 11.8 Å². The SMILES string of the molecule is CNc1nnc(CC2(CC(=O)O)CCCCC2)n1C. The van der Waals surface area contributed by atoms with E-state index >= 15 is 0 Å². The summed E-state index contributed by atoms with van der Waals surface area (Å²) in [5, 5.41) is 20.4. The number of rotatable bonds is 5. The minimum atomic E-state index is -0.710. The van der Waals surface area contributed by atoms with Gasteiger partial charge >= 0.3 is 5.97 Å². The van der Waals surface area contributed by atoms with Crippen LogP contribution >= 0.6 is 0 Å². The Morgan fingerprint density at radius 1 is 1.37 bits per heavy atom. The molecule has 0 atom stereocenters. The zero-order valence-electron chi connectivity index (χ0n) is 11.6. The third-order valence-electron chi connectivity index (χ3n) is 4.16. The molecule has 1 aromatic rings. The highest BCUT2D eigenvalue weighted by molar-refractivity contribution is 5.67. The summed E-state index contributed by atoms with van der Waals surface area (Å²) >= 11 is 0. The van der Waals surface area contributed by atoms with Gasteiger partial charge in [-0.3, -0.25) is 4.79 Å². The van der Waals surface area contributed by atoms with Crippen LogP contribution in [-0.2, 0) is 18.3 Å². The molecule has 0 unspecified atom stereocenters. The smallest absolute Gasteiger partial charge is 0.303 e. The molecule has 0 spiro atoms. The zero-order chi connectivity index (χ0) is 13.9. The molecule has 1 aliphatic carbocycles. The molecule has 0 aliphatic heterocycles. The molecule has 1 aliphatic rings.